The molecule has 1 aliphatic rings. The molecule has 0 atom stereocenters. The maximum atomic E-state index is 14.7. The fourth-order valence-electron chi connectivity index (χ4n) is 3.79. The van der Waals surface area contributed by atoms with Gasteiger partial charge in [-0.15, -0.1) is 0 Å². The number of para-hydroxylation sites is 1. The van der Waals surface area contributed by atoms with Crippen LogP contribution in [0.1, 0.15) is 5.56 Å². The lowest BCUT2D eigenvalue weighted by Crippen LogP contribution is -2.43. The molecule has 1 fully saturated rings. The molecule has 33 heavy (non-hydrogen) atoms. The maximum Gasteiger partial charge on any atom is 0.325 e. The van der Waals surface area contributed by atoms with Crippen molar-refractivity contribution in [3.63, 3.8) is 0 Å². The van der Waals surface area contributed by atoms with E-state index in [1.54, 1.807) is 6.07 Å². The van der Waals surface area contributed by atoms with Crippen LogP contribution in [-0.4, -0.2) is 42.1 Å². The molecule has 10 heteroatoms. The lowest BCUT2D eigenvalue weighted by atomic mass is 10.0. The number of carbonyl (C=O) groups excluding carboxylic acids is 1. The highest BCUT2D eigenvalue weighted by Gasteiger charge is 2.26. The summed E-state index contributed by atoms with van der Waals surface area (Å²) in [5.74, 6) is -3.86. The topological polar surface area (TPSA) is 74.5 Å². The second-order valence-electron chi connectivity index (χ2n) is 7.57. The smallest absolute Gasteiger partial charge is 0.325 e. The molecule has 2 heterocycles. The molecule has 1 aromatic heterocycles. The number of amides is 2. The third kappa shape index (κ3) is 4.81. The Morgan fingerprint density at radius 3 is 2.33 bits per heavy atom. The number of benzene rings is 2. The lowest BCUT2D eigenvalue weighted by Gasteiger charge is -2.28. The second kappa shape index (κ2) is 9.55. The van der Waals surface area contributed by atoms with Crippen molar-refractivity contribution in [1.82, 2.24) is 15.2 Å². The molecular weight excluding hydrogens is 438 g/mol. The zero-order valence-corrected chi connectivity index (χ0v) is 17.5. The van der Waals surface area contributed by atoms with E-state index in [0.29, 0.717) is 17.0 Å². The molecule has 2 amide bonds. The molecule has 2 aromatic carbocycles. The van der Waals surface area contributed by atoms with E-state index in [0.717, 1.165) is 56.5 Å². The van der Waals surface area contributed by atoms with Crippen molar-refractivity contribution in [2.45, 2.75) is 6.54 Å². The van der Waals surface area contributed by atoms with E-state index in [1.165, 1.54) is 12.1 Å². The largest absolute Gasteiger partial charge is 0.351 e. The summed E-state index contributed by atoms with van der Waals surface area (Å²) in [6.45, 7) is 3.48. The Kier molecular flexibility index (Phi) is 6.57. The van der Waals surface area contributed by atoms with E-state index in [9.17, 15) is 22.4 Å². The Balaban J connectivity index is 1.85. The summed E-state index contributed by atoms with van der Waals surface area (Å²) < 4.78 is 57.1. The summed E-state index contributed by atoms with van der Waals surface area (Å²) in [6, 6.07) is 7.96. The first-order valence-corrected chi connectivity index (χ1v) is 10.3. The third-order valence-corrected chi connectivity index (χ3v) is 5.36. The molecule has 0 saturated carbocycles. The molecule has 0 aliphatic carbocycles. The van der Waals surface area contributed by atoms with Crippen LogP contribution in [0.25, 0.3) is 11.3 Å². The predicted molar refractivity (Wildman–Crippen MR) is 116 cm³/mol. The summed E-state index contributed by atoms with van der Waals surface area (Å²) in [4.78, 5) is 19.3. The number of carbonyl (C=O) groups is 1. The summed E-state index contributed by atoms with van der Waals surface area (Å²) in [5.41, 5.74) is 5.45. The first-order valence-electron chi connectivity index (χ1n) is 10.3. The van der Waals surface area contributed by atoms with Crippen LogP contribution in [0.15, 0.2) is 48.5 Å². The van der Waals surface area contributed by atoms with Gasteiger partial charge in [-0.2, -0.15) is 0 Å². The van der Waals surface area contributed by atoms with Crippen LogP contribution in [0, 0.1) is 23.3 Å². The van der Waals surface area contributed by atoms with Crippen LogP contribution >= 0.6 is 0 Å². The van der Waals surface area contributed by atoms with Crippen molar-refractivity contribution in [1.29, 1.82) is 0 Å². The zero-order chi connectivity index (χ0) is 23.5. The van der Waals surface area contributed by atoms with Crippen LogP contribution in [0.4, 0.5) is 33.9 Å². The number of pyridine rings is 1. The Morgan fingerprint density at radius 1 is 1.00 bits per heavy atom. The number of halogens is 4. The second-order valence-corrected chi connectivity index (χ2v) is 7.57. The molecule has 0 bridgehead atoms. The molecule has 3 N–H and O–H groups in total. The van der Waals surface area contributed by atoms with Crippen molar-refractivity contribution in [2.75, 3.05) is 31.1 Å². The molecule has 0 spiro atoms. The molecule has 172 valence electrons. The van der Waals surface area contributed by atoms with Gasteiger partial charge in [0, 0.05) is 44.4 Å². The Labute approximate surface area is 187 Å². The summed E-state index contributed by atoms with van der Waals surface area (Å²) in [5, 5.41) is 3.24. The SMILES string of the molecule is NC(=O)N(c1ccc(CN2CCNCC2)c(-c2ccc(F)cc2F)n1)c1c(F)cccc1F. The standard InChI is InChI=1S/C23H21F4N5O/c24-15-5-6-16(19(27)12-15)21-14(13-31-10-8-29-9-11-31)4-7-20(30-21)32(23(28)33)22-17(25)2-1-3-18(22)26/h1-7,12,29H,8-11,13H2,(H2,28,33). The first kappa shape index (κ1) is 22.7. The van der Waals surface area contributed by atoms with Gasteiger partial charge >= 0.3 is 6.03 Å². The van der Waals surface area contributed by atoms with Gasteiger partial charge in [-0.25, -0.2) is 32.2 Å². The van der Waals surface area contributed by atoms with Crippen molar-refractivity contribution in [2.24, 2.45) is 5.73 Å². The summed E-state index contributed by atoms with van der Waals surface area (Å²) >= 11 is 0. The molecule has 1 saturated heterocycles. The lowest BCUT2D eigenvalue weighted by molar-refractivity contribution is 0.233. The number of nitrogens with zero attached hydrogens (tertiary/aromatic N) is 3. The van der Waals surface area contributed by atoms with Gasteiger partial charge in [-0.05, 0) is 35.9 Å². The minimum absolute atomic E-state index is 0.0122. The Bertz CT molecular complexity index is 1160. The number of rotatable bonds is 5. The quantitative estimate of drug-likeness (QED) is 0.567. The van der Waals surface area contributed by atoms with E-state index in [-0.39, 0.29) is 17.1 Å². The van der Waals surface area contributed by atoms with Crippen molar-refractivity contribution in [3.05, 3.63) is 77.4 Å². The van der Waals surface area contributed by atoms with Crippen molar-refractivity contribution >= 4 is 17.5 Å². The molecule has 1 aliphatic heterocycles. The molecule has 3 aromatic rings. The van der Waals surface area contributed by atoms with Gasteiger partial charge < -0.3 is 11.1 Å². The van der Waals surface area contributed by atoms with Crippen LogP contribution < -0.4 is 16.0 Å². The number of anilines is 2. The number of hydrogen-bond donors (Lipinski definition) is 2. The summed E-state index contributed by atoms with van der Waals surface area (Å²) in [6.07, 6.45) is 0. The van der Waals surface area contributed by atoms with Crippen LogP contribution in [-0.2, 0) is 6.54 Å². The van der Waals surface area contributed by atoms with Crippen molar-refractivity contribution < 1.29 is 22.4 Å². The van der Waals surface area contributed by atoms with Gasteiger partial charge in [0.1, 0.15) is 34.8 Å². The molecule has 4 rings (SSSR count). The average Bonchev–Trinajstić information content (AvgIpc) is 2.78. The average molecular weight is 459 g/mol. The molecule has 6 nitrogen and oxygen atoms in total. The third-order valence-electron chi connectivity index (χ3n) is 5.36. The van der Waals surface area contributed by atoms with Gasteiger partial charge in [0.15, 0.2) is 0 Å². The summed E-state index contributed by atoms with van der Waals surface area (Å²) in [7, 11) is 0. The van der Waals surface area contributed by atoms with Gasteiger partial charge in [0.2, 0.25) is 0 Å². The van der Waals surface area contributed by atoms with E-state index in [4.69, 9.17) is 5.73 Å². The normalized spacial score (nSPS) is 14.3. The van der Waals surface area contributed by atoms with Crippen LogP contribution in [0.5, 0.6) is 0 Å². The predicted octanol–water partition coefficient (Wildman–Crippen LogP) is 3.93. The number of nitrogens with two attached hydrogens (primary N) is 1. The number of piperazine rings is 1. The fourth-order valence-corrected chi connectivity index (χ4v) is 3.79. The Hall–Kier alpha value is -3.50. The number of aromatic nitrogens is 1. The van der Waals surface area contributed by atoms with Gasteiger partial charge in [0.05, 0.1) is 5.69 Å². The van der Waals surface area contributed by atoms with Crippen LogP contribution in [0.3, 0.4) is 0 Å². The molecule has 0 unspecified atom stereocenters. The van der Waals surface area contributed by atoms with Crippen LogP contribution in [0.2, 0.25) is 0 Å². The van der Waals surface area contributed by atoms with Gasteiger partial charge in [-0.1, -0.05) is 12.1 Å². The number of nitrogens with one attached hydrogen (secondary N) is 1. The minimum atomic E-state index is -1.17. The molecular formula is C23H21F4N5O. The number of hydrogen-bond acceptors (Lipinski definition) is 4. The highest BCUT2D eigenvalue weighted by Crippen LogP contribution is 2.33. The highest BCUT2D eigenvalue weighted by atomic mass is 19.1. The van der Waals surface area contributed by atoms with E-state index < -0.39 is 35.0 Å². The monoisotopic (exact) mass is 459 g/mol. The number of urea groups is 1. The zero-order valence-electron chi connectivity index (χ0n) is 17.5. The van der Waals surface area contributed by atoms with Gasteiger partial charge in [0.25, 0.3) is 0 Å². The van der Waals surface area contributed by atoms with Crippen molar-refractivity contribution in [3.8, 4) is 11.3 Å². The molecule has 0 radical (unpaired) electrons. The van der Waals surface area contributed by atoms with Gasteiger partial charge in [-0.3, -0.25) is 4.90 Å². The minimum Gasteiger partial charge on any atom is -0.351 e. The Morgan fingerprint density at radius 2 is 1.70 bits per heavy atom. The van der Waals surface area contributed by atoms with E-state index in [1.807, 2.05) is 0 Å². The van der Waals surface area contributed by atoms with E-state index in [2.05, 4.69) is 15.2 Å². The fraction of sp³-hybridized carbons (Fsp3) is 0.217. The first-order chi connectivity index (χ1) is 15.8. The maximum absolute atomic E-state index is 14.7. The highest BCUT2D eigenvalue weighted by molar-refractivity contribution is 5.98. The number of primary amides is 1. The van der Waals surface area contributed by atoms with E-state index >= 15 is 0 Å².